The van der Waals surface area contributed by atoms with Crippen LogP contribution in [-0.4, -0.2) is 51.7 Å². The largest absolute Gasteiger partial charge is 0.490 e. The van der Waals surface area contributed by atoms with Crippen LogP contribution in [0.3, 0.4) is 0 Å². The second-order valence-corrected chi connectivity index (χ2v) is 7.59. The van der Waals surface area contributed by atoms with Crippen LogP contribution in [0.25, 0.3) is 5.65 Å². The number of nitrogens with one attached hydrogen (secondary N) is 1. The van der Waals surface area contributed by atoms with Crippen molar-refractivity contribution in [2.75, 3.05) is 26.3 Å². The molecule has 31 heavy (non-hydrogen) atoms. The van der Waals surface area contributed by atoms with Gasteiger partial charge in [0.15, 0.2) is 29.6 Å². The van der Waals surface area contributed by atoms with E-state index in [0.717, 1.165) is 43.0 Å². The molecule has 3 heterocycles. The normalized spacial score (nSPS) is 14.0. The summed E-state index contributed by atoms with van der Waals surface area (Å²) in [6.45, 7) is 5.39. The summed E-state index contributed by atoms with van der Waals surface area (Å²) in [5, 5.41) is 11.8. The molecule has 1 amide bonds. The molecule has 0 spiro atoms. The first-order valence-electron chi connectivity index (χ1n) is 10.9. The Morgan fingerprint density at radius 2 is 1.90 bits per heavy atom. The van der Waals surface area contributed by atoms with E-state index in [2.05, 4.69) is 15.5 Å². The number of benzene rings is 1. The van der Waals surface area contributed by atoms with E-state index < -0.39 is 0 Å². The first kappa shape index (κ1) is 21.1. The maximum atomic E-state index is 12.4. The van der Waals surface area contributed by atoms with Crippen LogP contribution in [0.2, 0.25) is 0 Å². The van der Waals surface area contributed by atoms with Gasteiger partial charge >= 0.3 is 0 Å². The zero-order valence-electron chi connectivity index (χ0n) is 17.9. The highest BCUT2D eigenvalue weighted by atomic mass is 16.5. The molecule has 0 radical (unpaired) electrons. The Morgan fingerprint density at radius 3 is 2.74 bits per heavy atom. The van der Waals surface area contributed by atoms with Gasteiger partial charge in [0.05, 0.1) is 13.2 Å². The lowest BCUT2D eigenvalue weighted by Gasteiger charge is -2.26. The van der Waals surface area contributed by atoms with Crippen LogP contribution in [0.5, 0.6) is 11.5 Å². The Hall–Kier alpha value is -3.13. The number of likely N-dealkylation sites (tertiary alicyclic amines) is 1. The van der Waals surface area contributed by atoms with E-state index in [4.69, 9.17) is 9.47 Å². The first-order chi connectivity index (χ1) is 15.2. The third-order valence-electron chi connectivity index (χ3n) is 5.36. The Kier molecular flexibility index (Phi) is 6.99. The summed E-state index contributed by atoms with van der Waals surface area (Å²) in [6, 6.07) is 11.7. The van der Waals surface area contributed by atoms with Crippen LogP contribution < -0.4 is 14.8 Å². The second kappa shape index (κ2) is 10.3. The van der Waals surface area contributed by atoms with Gasteiger partial charge in [-0.25, -0.2) is 0 Å². The lowest BCUT2D eigenvalue weighted by Crippen LogP contribution is -2.38. The van der Waals surface area contributed by atoms with E-state index in [1.807, 2.05) is 58.8 Å². The lowest BCUT2D eigenvalue weighted by atomic mass is 10.1. The van der Waals surface area contributed by atoms with Crippen LogP contribution in [0.15, 0.2) is 42.6 Å². The van der Waals surface area contributed by atoms with Crippen molar-refractivity contribution in [3.63, 3.8) is 0 Å². The highest BCUT2D eigenvalue weighted by molar-refractivity contribution is 5.78. The molecule has 0 aliphatic carbocycles. The van der Waals surface area contributed by atoms with Gasteiger partial charge in [0.25, 0.3) is 5.91 Å². The molecule has 164 valence electrons. The molecule has 0 saturated carbocycles. The van der Waals surface area contributed by atoms with Crippen LogP contribution >= 0.6 is 0 Å². The number of carbonyl (C=O) groups excluding carboxylic acids is 1. The standard InChI is InChI=1S/C23H29N5O3/c1-2-30-20-14-18(15-24-16-22-26-25-21-8-4-7-13-28(21)22)9-10-19(20)31-17-23(29)27-11-5-3-6-12-27/h4,7-10,13-14,24H,2-3,5-6,11-12,15-17H2,1H3. The minimum atomic E-state index is 0.0356. The molecule has 0 atom stereocenters. The maximum absolute atomic E-state index is 12.4. The number of ether oxygens (including phenoxy) is 2. The number of rotatable bonds is 9. The Labute approximate surface area is 182 Å². The molecule has 1 aliphatic heterocycles. The number of piperidine rings is 1. The van der Waals surface area contributed by atoms with E-state index in [1.54, 1.807) is 0 Å². The number of hydrogen-bond acceptors (Lipinski definition) is 6. The highest BCUT2D eigenvalue weighted by Gasteiger charge is 2.18. The molecule has 1 fully saturated rings. The van der Waals surface area contributed by atoms with E-state index >= 15 is 0 Å². The quantitative estimate of drug-likeness (QED) is 0.570. The number of amides is 1. The van der Waals surface area contributed by atoms with Gasteiger partial charge in [-0.15, -0.1) is 10.2 Å². The second-order valence-electron chi connectivity index (χ2n) is 7.59. The van der Waals surface area contributed by atoms with E-state index in [-0.39, 0.29) is 12.5 Å². The van der Waals surface area contributed by atoms with Crippen LogP contribution in [0, 0.1) is 0 Å². The molecular formula is C23H29N5O3. The number of aromatic nitrogens is 3. The molecule has 0 bridgehead atoms. The van der Waals surface area contributed by atoms with E-state index in [0.29, 0.717) is 31.2 Å². The molecule has 1 N–H and O–H groups in total. The highest BCUT2D eigenvalue weighted by Crippen LogP contribution is 2.28. The summed E-state index contributed by atoms with van der Waals surface area (Å²) < 4.78 is 13.5. The summed E-state index contributed by atoms with van der Waals surface area (Å²) in [6.07, 6.45) is 5.29. The van der Waals surface area contributed by atoms with E-state index in [1.165, 1.54) is 6.42 Å². The zero-order valence-corrected chi connectivity index (χ0v) is 17.9. The molecule has 4 rings (SSSR count). The van der Waals surface area contributed by atoms with Gasteiger partial charge < -0.3 is 19.7 Å². The van der Waals surface area contributed by atoms with Crippen molar-refractivity contribution in [2.24, 2.45) is 0 Å². The number of nitrogens with zero attached hydrogens (tertiary/aromatic N) is 4. The minimum Gasteiger partial charge on any atom is -0.490 e. The predicted octanol–water partition coefficient (Wildman–Crippen LogP) is 2.81. The average molecular weight is 424 g/mol. The Balaban J connectivity index is 1.34. The fourth-order valence-electron chi connectivity index (χ4n) is 3.75. The van der Waals surface area contributed by atoms with Crippen LogP contribution in [-0.2, 0) is 17.9 Å². The fourth-order valence-corrected chi connectivity index (χ4v) is 3.75. The predicted molar refractivity (Wildman–Crippen MR) is 117 cm³/mol. The summed E-state index contributed by atoms with van der Waals surface area (Å²) in [4.78, 5) is 14.3. The smallest absolute Gasteiger partial charge is 0.260 e. The van der Waals surface area contributed by atoms with Crippen LogP contribution in [0.4, 0.5) is 0 Å². The number of carbonyl (C=O) groups is 1. The van der Waals surface area contributed by atoms with Gasteiger partial charge in [-0.05, 0) is 56.0 Å². The molecular weight excluding hydrogens is 394 g/mol. The van der Waals surface area contributed by atoms with Crippen molar-refractivity contribution in [2.45, 2.75) is 39.3 Å². The van der Waals surface area contributed by atoms with Gasteiger partial charge in [-0.1, -0.05) is 12.1 Å². The first-order valence-corrected chi connectivity index (χ1v) is 10.9. The van der Waals surface area contributed by atoms with Crippen molar-refractivity contribution < 1.29 is 14.3 Å². The lowest BCUT2D eigenvalue weighted by molar-refractivity contribution is -0.134. The third kappa shape index (κ3) is 5.32. The number of pyridine rings is 1. The van der Waals surface area contributed by atoms with Crippen LogP contribution in [0.1, 0.15) is 37.6 Å². The molecule has 1 saturated heterocycles. The molecule has 8 nitrogen and oxygen atoms in total. The van der Waals surface area contributed by atoms with Gasteiger partial charge in [0.1, 0.15) is 0 Å². The summed E-state index contributed by atoms with van der Waals surface area (Å²) in [5.74, 6) is 2.14. The van der Waals surface area contributed by atoms with E-state index in [9.17, 15) is 4.79 Å². The number of hydrogen-bond donors (Lipinski definition) is 1. The van der Waals surface area contributed by atoms with Crippen molar-refractivity contribution in [3.05, 3.63) is 54.0 Å². The van der Waals surface area contributed by atoms with Gasteiger partial charge in [0.2, 0.25) is 0 Å². The maximum Gasteiger partial charge on any atom is 0.260 e. The van der Waals surface area contributed by atoms with Crippen molar-refractivity contribution in [3.8, 4) is 11.5 Å². The molecule has 8 heteroatoms. The topological polar surface area (TPSA) is 81.0 Å². The Bertz CT molecular complexity index is 1010. The summed E-state index contributed by atoms with van der Waals surface area (Å²) >= 11 is 0. The molecule has 2 aromatic heterocycles. The fraction of sp³-hybridized carbons (Fsp3) is 0.435. The van der Waals surface area contributed by atoms with Gasteiger partial charge in [0, 0.05) is 25.8 Å². The van der Waals surface area contributed by atoms with Gasteiger partial charge in [-0.3, -0.25) is 9.20 Å². The minimum absolute atomic E-state index is 0.0356. The van der Waals surface area contributed by atoms with Crippen molar-refractivity contribution in [1.29, 1.82) is 0 Å². The average Bonchev–Trinajstić information content (AvgIpc) is 3.22. The molecule has 1 aromatic carbocycles. The zero-order chi connectivity index (χ0) is 21.5. The molecule has 3 aromatic rings. The molecule has 1 aliphatic rings. The molecule has 0 unspecified atom stereocenters. The number of fused-ring (bicyclic) bond motifs is 1. The monoisotopic (exact) mass is 423 g/mol. The SMILES string of the molecule is CCOc1cc(CNCc2nnc3ccccn23)ccc1OCC(=O)N1CCCCC1. The van der Waals surface area contributed by atoms with Crippen molar-refractivity contribution >= 4 is 11.6 Å². The summed E-state index contributed by atoms with van der Waals surface area (Å²) in [7, 11) is 0. The third-order valence-corrected chi connectivity index (χ3v) is 5.36. The Morgan fingerprint density at radius 1 is 1.03 bits per heavy atom. The summed E-state index contributed by atoms with van der Waals surface area (Å²) in [5.41, 5.74) is 1.89. The van der Waals surface area contributed by atoms with Gasteiger partial charge in [-0.2, -0.15) is 0 Å². The van der Waals surface area contributed by atoms with Crippen molar-refractivity contribution in [1.82, 2.24) is 24.8 Å².